The molecule has 3 aromatic rings. The number of rotatable bonds is 7. The Labute approximate surface area is 172 Å². The largest absolute Gasteiger partial charge is 0.494 e. The molecule has 0 aliphatic heterocycles. The van der Waals surface area contributed by atoms with Gasteiger partial charge in [-0.1, -0.05) is 18.2 Å². The summed E-state index contributed by atoms with van der Waals surface area (Å²) in [4.78, 5) is 18.0. The quantitative estimate of drug-likeness (QED) is 0.573. The summed E-state index contributed by atoms with van der Waals surface area (Å²) in [5.74, 6) is -0.584. The Morgan fingerprint density at radius 3 is 2.76 bits per heavy atom. The highest BCUT2D eigenvalue weighted by molar-refractivity contribution is 7.98. The van der Waals surface area contributed by atoms with Gasteiger partial charge < -0.3 is 15.2 Å². The Morgan fingerprint density at radius 1 is 1.24 bits per heavy atom. The van der Waals surface area contributed by atoms with Crippen molar-refractivity contribution in [1.29, 1.82) is 0 Å². The molecule has 0 unspecified atom stereocenters. The second kappa shape index (κ2) is 9.54. The minimum atomic E-state index is -0.474. The van der Waals surface area contributed by atoms with Crippen LogP contribution in [0.1, 0.15) is 21.5 Å². The van der Waals surface area contributed by atoms with Crippen LogP contribution in [0.25, 0.3) is 11.3 Å². The Balaban J connectivity index is 1.85. The average molecular weight is 412 g/mol. The van der Waals surface area contributed by atoms with Gasteiger partial charge in [0.05, 0.1) is 25.0 Å². The lowest BCUT2D eigenvalue weighted by atomic mass is 10.0. The maximum absolute atomic E-state index is 13.9. The van der Waals surface area contributed by atoms with Gasteiger partial charge in [0.25, 0.3) is 5.91 Å². The first-order valence-corrected chi connectivity index (χ1v) is 10.1. The molecular weight excluding hydrogens is 391 g/mol. The molecule has 7 heteroatoms. The highest BCUT2D eigenvalue weighted by Gasteiger charge is 2.15. The number of pyridine rings is 1. The summed E-state index contributed by atoms with van der Waals surface area (Å²) in [7, 11) is 1.40. The minimum absolute atomic E-state index is 0.141. The van der Waals surface area contributed by atoms with Crippen molar-refractivity contribution in [1.82, 2.24) is 10.3 Å². The SMILES string of the molecule is COc1ccc(CNC(=O)c2cc(-c3ncccc3CO)ccc2SC)cc1F. The maximum Gasteiger partial charge on any atom is 0.252 e. The van der Waals surface area contributed by atoms with E-state index in [1.54, 1.807) is 30.5 Å². The lowest BCUT2D eigenvalue weighted by Gasteiger charge is -2.12. The summed E-state index contributed by atoms with van der Waals surface area (Å²) >= 11 is 1.46. The maximum atomic E-state index is 13.9. The number of hydrogen-bond donors (Lipinski definition) is 2. The van der Waals surface area contributed by atoms with Crippen LogP contribution in [0, 0.1) is 5.82 Å². The number of aliphatic hydroxyl groups excluding tert-OH is 1. The van der Waals surface area contributed by atoms with Gasteiger partial charge in [-0.05, 0) is 42.2 Å². The Morgan fingerprint density at radius 2 is 2.07 bits per heavy atom. The average Bonchev–Trinajstić information content (AvgIpc) is 2.77. The van der Waals surface area contributed by atoms with Crippen molar-refractivity contribution in [2.75, 3.05) is 13.4 Å². The first kappa shape index (κ1) is 20.8. The summed E-state index contributed by atoms with van der Waals surface area (Å²) in [6.45, 7) is 0.0429. The highest BCUT2D eigenvalue weighted by Crippen LogP contribution is 2.28. The number of carbonyl (C=O) groups is 1. The van der Waals surface area contributed by atoms with Gasteiger partial charge in [-0.2, -0.15) is 0 Å². The number of aliphatic hydroxyl groups is 1. The molecule has 0 aliphatic rings. The number of aromatic nitrogens is 1. The van der Waals surface area contributed by atoms with Crippen molar-refractivity contribution >= 4 is 17.7 Å². The smallest absolute Gasteiger partial charge is 0.252 e. The van der Waals surface area contributed by atoms with Crippen molar-refractivity contribution < 1.29 is 19.0 Å². The molecule has 29 heavy (non-hydrogen) atoms. The van der Waals surface area contributed by atoms with Crippen LogP contribution in [0.2, 0.25) is 0 Å². The third kappa shape index (κ3) is 4.75. The van der Waals surface area contributed by atoms with Crippen LogP contribution in [0.3, 0.4) is 0 Å². The van der Waals surface area contributed by atoms with E-state index in [9.17, 15) is 14.3 Å². The van der Waals surface area contributed by atoms with Crippen LogP contribution in [0.5, 0.6) is 5.75 Å². The molecule has 0 bridgehead atoms. The van der Waals surface area contributed by atoms with E-state index in [0.29, 0.717) is 22.4 Å². The number of ether oxygens (including phenoxy) is 1. The fraction of sp³-hybridized carbons (Fsp3) is 0.182. The summed E-state index contributed by atoms with van der Waals surface area (Å²) < 4.78 is 18.8. The molecule has 0 atom stereocenters. The van der Waals surface area contributed by atoms with Crippen LogP contribution in [-0.4, -0.2) is 29.4 Å². The molecule has 150 valence electrons. The number of nitrogens with zero attached hydrogens (tertiary/aromatic N) is 1. The molecular formula is C22H21FN2O3S. The van der Waals surface area contributed by atoms with Gasteiger partial charge in [-0.15, -0.1) is 11.8 Å². The van der Waals surface area contributed by atoms with Gasteiger partial charge in [0.1, 0.15) is 0 Å². The van der Waals surface area contributed by atoms with Crippen molar-refractivity contribution in [3.63, 3.8) is 0 Å². The first-order chi connectivity index (χ1) is 14.1. The molecule has 0 spiro atoms. The van der Waals surface area contributed by atoms with E-state index in [4.69, 9.17) is 4.74 Å². The predicted molar refractivity (Wildman–Crippen MR) is 111 cm³/mol. The second-order valence-corrected chi connectivity index (χ2v) is 7.08. The predicted octanol–water partition coefficient (Wildman–Crippen LogP) is 4.04. The summed E-state index contributed by atoms with van der Waals surface area (Å²) in [5.41, 5.74) is 3.19. The van der Waals surface area contributed by atoms with E-state index in [-0.39, 0.29) is 24.8 Å². The number of thioether (sulfide) groups is 1. The Bertz CT molecular complexity index is 1030. The van der Waals surface area contributed by atoms with Crippen molar-refractivity contribution in [2.24, 2.45) is 0 Å². The topological polar surface area (TPSA) is 71.5 Å². The van der Waals surface area contributed by atoms with Crippen LogP contribution in [0.4, 0.5) is 4.39 Å². The molecule has 0 fully saturated rings. The van der Waals surface area contributed by atoms with E-state index in [1.165, 1.54) is 31.0 Å². The van der Waals surface area contributed by atoms with Crippen LogP contribution in [0.15, 0.2) is 59.6 Å². The zero-order valence-electron chi connectivity index (χ0n) is 16.1. The third-order valence-corrected chi connectivity index (χ3v) is 5.24. The van der Waals surface area contributed by atoms with Crippen molar-refractivity contribution in [3.05, 3.63) is 77.2 Å². The van der Waals surface area contributed by atoms with Crippen LogP contribution >= 0.6 is 11.8 Å². The molecule has 1 heterocycles. The van der Waals surface area contributed by atoms with E-state index in [2.05, 4.69) is 10.3 Å². The Hall–Kier alpha value is -2.90. The van der Waals surface area contributed by atoms with E-state index in [0.717, 1.165) is 10.5 Å². The minimum Gasteiger partial charge on any atom is -0.494 e. The number of hydrogen-bond acceptors (Lipinski definition) is 5. The number of carbonyl (C=O) groups excluding carboxylic acids is 1. The van der Waals surface area contributed by atoms with E-state index < -0.39 is 5.82 Å². The van der Waals surface area contributed by atoms with Gasteiger partial charge in [0, 0.05) is 28.8 Å². The lowest BCUT2D eigenvalue weighted by Crippen LogP contribution is -2.23. The standard InChI is InChI=1S/C22H21FN2O3S/c1-28-19-7-5-14(10-18(19)23)12-25-22(27)17-11-15(6-8-20(17)29-2)21-16(13-26)4-3-9-24-21/h3-11,26H,12-13H2,1-2H3,(H,25,27). The first-order valence-electron chi connectivity index (χ1n) is 8.91. The number of benzene rings is 2. The molecule has 2 N–H and O–H groups in total. The normalized spacial score (nSPS) is 10.6. The fourth-order valence-electron chi connectivity index (χ4n) is 2.96. The molecule has 0 saturated carbocycles. The van der Waals surface area contributed by atoms with Crippen LogP contribution in [-0.2, 0) is 13.2 Å². The van der Waals surface area contributed by atoms with Crippen LogP contribution < -0.4 is 10.1 Å². The highest BCUT2D eigenvalue weighted by atomic mass is 32.2. The number of amides is 1. The molecule has 0 radical (unpaired) electrons. The number of halogens is 1. The summed E-state index contributed by atoms with van der Waals surface area (Å²) in [5, 5.41) is 12.4. The molecule has 1 amide bonds. The number of methoxy groups -OCH3 is 1. The molecule has 0 saturated heterocycles. The monoisotopic (exact) mass is 412 g/mol. The number of nitrogens with one attached hydrogen (secondary N) is 1. The molecule has 2 aromatic carbocycles. The molecule has 1 aromatic heterocycles. The van der Waals surface area contributed by atoms with Gasteiger partial charge in [0.15, 0.2) is 11.6 Å². The van der Waals surface area contributed by atoms with Crippen molar-refractivity contribution in [2.45, 2.75) is 18.0 Å². The third-order valence-electron chi connectivity index (χ3n) is 4.45. The van der Waals surface area contributed by atoms with Gasteiger partial charge in [0.2, 0.25) is 0 Å². The lowest BCUT2D eigenvalue weighted by molar-refractivity contribution is 0.0948. The molecule has 3 rings (SSSR count). The van der Waals surface area contributed by atoms with E-state index in [1.807, 2.05) is 18.4 Å². The van der Waals surface area contributed by atoms with Crippen molar-refractivity contribution in [3.8, 4) is 17.0 Å². The van der Waals surface area contributed by atoms with Gasteiger partial charge in [-0.3, -0.25) is 9.78 Å². The zero-order chi connectivity index (χ0) is 20.8. The van der Waals surface area contributed by atoms with E-state index >= 15 is 0 Å². The molecule has 0 aliphatic carbocycles. The zero-order valence-corrected chi connectivity index (χ0v) is 16.9. The summed E-state index contributed by atoms with van der Waals surface area (Å²) in [6, 6.07) is 13.6. The van der Waals surface area contributed by atoms with Gasteiger partial charge in [-0.25, -0.2) is 4.39 Å². The molecule has 5 nitrogen and oxygen atoms in total. The summed E-state index contributed by atoms with van der Waals surface area (Å²) in [6.07, 6.45) is 3.54. The second-order valence-electron chi connectivity index (χ2n) is 6.24. The van der Waals surface area contributed by atoms with Gasteiger partial charge >= 0.3 is 0 Å². The fourth-order valence-corrected chi connectivity index (χ4v) is 3.53. The Kier molecular flexibility index (Phi) is 6.85.